The lowest BCUT2D eigenvalue weighted by molar-refractivity contribution is 0.0994. The third-order valence-electron chi connectivity index (χ3n) is 4.19. The van der Waals surface area contributed by atoms with Gasteiger partial charge in [0.25, 0.3) is 5.91 Å². The Morgan fingerprint density at radius 2 is 1.89 bits per heavy atom. The summed E-state index contributed by atoms with van der Waals surface area (Å²) in [7, 11) is 3.61. The number of fused-ring (bicyclic) bond motifs is 2. The van der Waals surface area contributed by atoms with Crippen LogP contribution in [0.2, 0.25) is 0 Å². The van der Waals surface area contributed by atoms with Crippen LogP contribution in [-0.4, -0.2) is 30.0 Å². The van der Waals surface area contributed by atoms with E-state index in [2.05, 4.69) is 28.4 Å². The molecule has 136 valence electrons. The second kappa shape index (κ2) is 7.70. The van der Waals surface area contributed by atoms with E-state index in [-0.39, 0.29) is 5.91 Å². The first-order chi connectivity index (χ1) is 13.1. The minimum atomic E-state index is -0.0957. The third kappa shape index (κ3) is 3.50. The third-order valence-corrected chi connectivity index (χ3v) is 4.19. The standard InChI is InChI=1S/C21H21N5O/c1-5-7-11-15(10-6-2)23-21-22-14-18-19(24-21)25(3)17-13-9-8-12-16(17)20(27)26(18)4/h5-14H,1-2H2,3-4H3,(H,22,23,24)/b11-7-,15-10+. The molecule has 0 unspecified atom stereocenters. The van der Waals surface area contributed by atoms with Gasteiger partial charge in [0.15, 0.2) is 5.82 Å². The van der Waals surface area contributed by atoms with Crippen molar-refractivity contribution in [2.75, 3.05) is 29.2 Å². The molecule has 6 nitrogen and oxygen atoms in total. The Bertz CT molecular complexity index is 961. The van der Waals surface area contributed by atoms with Crippen molar-refractivity contribution in [2.45, 2.75) is 0 Å². The predicted octanol–water partition coefficient (Wildman–Crippen LogP) is 4.06. The molecule has 27 heavy (non-hydrogen) atoms. The van der Waals surface area contributed by atoms with Crippen LogP contribution < -0.4 is 15.1 Å². The minimum absolute atomic E-state index is 0.0957. The summed E-state index contributed by atoms with van der Waals surface area (Å²) in [4.78, 5) is 25.3. The highest BCUT2D eigenvalue weighted by Crippen LogP contribution is 2.37. The number of aromatic nitrogens is 2. The van der Waals surface area contributed by atoms with E-state index >= 15 is 0 Å². The first kappa shape index (κ1) is 18.1. The van der Waals surface area contributed by atoms with Crippen LogP contribution in [-0.2, 0) is 0 Å². The highest BCUT2D eigenvalue weighted by molar-refractivity contribution is 6.13. The van der Waals surface area contributed by atoms with Gasteiger partial charge in [-0.1, -0.05) is 43.5 Å². The zero-order valence-corrected chi connectivity index (χ0v) is 15.4. The van der Waals surface area contributed by atoms with E-state index in [0.717, 1.165) is 11.4 Å². The maximum absolute atomic E-state index is 12.8. The van der Waals surface area contributed by atoms with Gasteiger partial charge in [-0.2, -0.15) is 4.98 Å². The van der Waals surface area contributed by atoms with E-state index in [0.29, 0.717) is 23.0 Å². The molecule has 0 aliphatic carbocycles. The first-order valence-corrected chi connectivity index (χ1v) is 8.43. The van der Waals surface area contributed by atoms with Gasteiger partial charge in [0.1, 0.15) is 5.69 Å². The summed E-state index contributed by atoms with van der Waals surface area (Å²) in [6.45, 7) is 7.39. The van der Waals surface area contributed by atoms with Crippen LogP contribution in [0.25, 0.3) is 0 Å². The maximum Gasteiger partial charge on any atom is 0.260 e. The lowest BCUT2D eigenvalue weighted by Crippen LogP contribution is -2.25. The number of amides is 1. The Morgan fingerprint density at radius 3 is 2.63 bits per heavy atom. The molecular weight excluding hydrogens is 338 g/mol. The van der Waals surface area contributed by atoms with Gasteiger partial charge in [-0.15, -0.1) is 0 Å². The van der Waals surface area contributed by atoms with Gasteiger partial charge in [0.2, 0.25) is 5.95 Å². The zero-order chi connectivity index (χ0) is 19.4. The second-order valence-electron chi connectivity index (χ2n) is 5.92. The summed E-state index contributed by atoms with van der Waals surface area (Å²) < 4.78 is 0. The molecule has 0 bridgehead atoms. The number of carbonyl (C=O) groups is 1. The van der Waals surface area contributed by atoms with E-state index in [1.165, 1.54) is 0 Å². The van der Waals surface area contributed by atoms with Crippen molar-refractivity contribution in [3.05, 3.63) is 85.3 Å². The number of hydrogen-bond donors (Lipinski definition) is 1. The molecule has 1 aliphatic rings. The van der Waals surface area contributed by atoms with Gasteiger partial charge < -0.3 is 15.1 Å². The molecular formula is C21H21N5O. The molecule has 6 heteroatoms. The molecule has 0 spiro atoms. The van der Waals surface area contributed by atoms with E-state index in [1.54, 1.807) is 36.4 Å². The fourth-order valence-electron chi connectivity index (χ4n) is 2.83. The van der Waals surface area contributed by atoms with Gasteiger partial charge >= 0.3 is 0 Å². The molecule has 0 saturated heterocycles. The predicted molar refractivity (Wildman–Crippen MR) is 111 cm³/mol. The summed E-state index contributed by atoms with van der Waals surface area (Å²) in [5.74, 6) is 0.961. The van der Waals surface area contributed by atoms with E-state index in [1.807, 2.05) is 48.4 Å². The maximum atomic E-state index is 12.8. The van der Waals surface area contributed by atoms with Crippen molar-refractivity contribution in [1.29, 1.82) is 0 Å². The zero-order valence-electron chi connectivity index (χ0n) is 15.4. The average molecular weight is 359 g/mol. The molecule has 1 aliphatic heterocycles. The summed E-state index contributed by atoms with van der Waals surface area (Å²) >= 11 is 0. The Kier molecular flexibility index (Phi) is 5.17. The lowest BCUT2D eigenvalue weighted by Gasteiger charge is -2.21. The van der Waals surface area contributed by atoms with E-state index in [4.69, 9.17) is 0 Å². The van der Waals surface area contributed by atoms with Crippen molar-refractivity contribution >= 4 is 29.0 Å². The number of nitrogens with one attached hydrogen (secondary N) is 1. The van der Waals surface area contributed by atoms with Crippen LogP contribution >= 0.6 is 0 Å². The Labute approximate surface area is 158 Å². The molecule has 1 aromatic heterocycles. The summed E-state index contributed by atoms with van der Waals surface area (Å²) in [6, 6.07) is 7.47. The molecule has 1 amide bonds. The van der Waals surface area contributed by atoms with Gasteiger partial charge in [-0.25, -0.2) is 4.98 Å². The molecule has 0 saturated carbocycles. The first-order valence-electron chi connectivity index (χ1n) is 8.43. The Morgan fingerprint density at radius 1 is 1.11 bits per heavy atom. The van der Waals surface area contributed by atoms with Gasteiger partial charge in [-0.05, 0) is 24.3 Å². The number of hydrogen-bond acceptors (Lipinski definition) is 5. The molecule has 0 radical (unpaired) electrons. The number of nitrogens with zero attached hydrogens (tertiary/aromatic N) is 4. The Balaban J connectivity index is 2.05. The lowest BCUT2D eigenvalue weighted by atomic mass is 10.1. The van der Waals surface area contributed by atoms with Gasteiger partial charge in [0.05, 0.1) is 17.4 Å². The normalized spacial score (nSPS) is 13.9. The van der Waals surface area contributed by atoms with Crippen molar-refractivity contribution in [1.82, 2.24) is 9.97 Å². The van der Waals surface area contributed by atoms with Crippen LogP contribution in [0.3, 0.4) is 0 Å². The highest BCUT2D eigenvalue weighted by Gasteiger charge is 2.28. The Hall–Kier alpha value is -3.67. The molecule has 0 fully saturated rings. The van der Waals surface area contributed by atoms with E-state index < -0.39 is 0 Å². The van der Waals surface area contributed by atoms with Crippen LogP contribution in [0.4, 0.5) is 23.1 Å². The summed E-state index contributed by atoms with van der Waals surface area (Å²) in [5, 5.41) is 3.16. The molecule has 1 aromatic carbocycles. The molecule has 1 N–H and O–H groups in total. The number of para-hydroxylation sites is 1. The van der Waals surface area contributed by atoms with Gasteiger partial charge in [0, 0.05) is 19.8 Å². The molecule has 2 aromatic rings. The number of anilines is 4. The minimum Gasteiger partial charge on any atom is -0.327 e. The summed E-state index contributed by atoms with van der Waals surface area (Å²) in [5.41, 5.74) is 2.83. The second-order valence-corrected chi connectivity index (χ2v) is 5.92. The van der Waals surface area contributed by atoms with Crippen LogP contribution in [0.5, 0.6) is 0 Å². The van der Waals surface area contributed by atoms with Gasteiger partial charge in [-0.3, -0.25) is 4.79 Å². The molecule has 2 heterocycles. The smallest absolute Gasteiger partial charge is 0.260 e. The highest BCUT2D eigenvalue weighted by atomic mass is 16.2. The fourth-order valence-corrected chi connectivity index (χ4v) is 2.83. The topological polar surface area (TPSA) is 61.4 Å². The van der Waals surface area contributed by atoms with Crippen LogP contribution in [0.15, 0.2) is 79.7 Å². The van der Waals surface area contributed by atoms with Crippen molar-refractivity contribution in [2.24, 2.45) is 0 Å². The number of rotatable bonds is 5. The van der Waals surface area contributed by atoms with Crippen LogP contribution in [0.1, 0.15) is 10.4 Å². The van der Waals surface area contributed by atoms with Crippen molar-refractivity contribution in [3.63, 3.8) is 0 Å². The number of carbonyl (C=O) groups excluding carboxylic acids is 1. The van der Waals surface area contributed by atoms with Crippen LogP contribution in [0, 0.1) is 0 Å². The average Bonchev–Trinajstić information content (AvgIpc) is 2.77. The molecule has 3 rings (SSSR count). The van der Waals surface area contributed by atoms with Crippen molar-refractivity contribution in [3.8, 4) is 0 Å². The SMILES string of the molecule is C=C/C=C\C(=C/C=C)Nc1ncc2c(n1)N(C)c1ccccc1C(=O)N2C. The number of benzene rings is 1. The van der Waals surface area contributed by atoms with Crippen molar-refractivity contribution < 1.29 is 4.79 Å². The quantitative estimate of drug-likeness (QED) is 0.816. The molecule has 0 atom stereocenters. The van der Waals surface area contributed by atoms with E-state index in [9.17, 15) is 4.79 Å². The monoisotopic (exact) mass is 359 g/mol. The number of allylic oxidation sites excluding steroid dienone is 5. The fraction of sp³-hybridized carbons (Fsp3) is 0.0952. The largest absolute Gasteiger partial charge is 0.327 e. The summed E-state index contributed by atoms with van der Waals surface area (Å²) in [6.07, 6.45) is 10.5.